The summed E-state index contributed by atoms with van der Waals surface area (Å²) in [6.07, 6.45) is 0. The van der Waals surface area contributed by atoms with Crippen molar-refractivity contribution in [3.8, 4) is 0 Å². The van der Waals surface area contributed by atoms with E-state index in [0.29, 0.717) is 9.50 Å². The van der Waals surface area contributed by atoms with Gasteiger partial charge in [0.05, 0.1) is 11.4 Å². The Hall–Kier alpha value is -1.31. The third-order valence-electron chi connectivity index (χ3n) is 2.75. The molecule has 8 heteroatoms. The number of benzene rings is 2. The number of nitrogens with one attached hydrogen (secondary N) is 1. The van der Waals surface area contributed by atoms with Gasteiger partial charge in [0.1, 0.15) is 10.7 Å². The maximum atomic E-state index is 13.0. The highest BCUT2D eigenvalue weighted by Gasteiger charge is 2.19. The van der Waals surface area contributed by atoms with Crippen LogP contribution in [0.4, 0.5) is 15.8 Å². The summed E-state index contributed by atoms with van der Waals surface area (Å²) >= 11 is 9.24. The zero-order valence-corrected chi connectivity index (χ0v) is 14.0. The summed E-state index contributed by atoms with van der Waals surface area (Å²) in [7, 11) is -3.94. The first-order chi connectivity index (χ1) is 9.70. The van der Waals surface area contributed by atoms with Crippen LogP contribution in [0.15, 0.2) is 39.7 Å². The molecule has 0 atom stereocenters. The van der Waals surface area contributed by atoms with Crippen molar-refractivity contribution in [2.24, 2.45) is 0 Å². The van der Waals surface area contributed by atoms with Crippen LogP contribution < -0.4 is 10.5 Å². The van der Waals surface area contributed by atoms with Crippen molar-refractivity contribution in [2.75, 3.05) is 10.5 Å². The smallest absolute Gasteiger partial charge is 0.263 e. The van der Waals surface area contributed by atoms with Gasteiger partial charge in [-0.25, -0.2) is 12.8 Å². The summed E-state index contributed by atoms with van der Waals surface area (Å²) in [5.41, 5.74) is 6.46. The van der Waals surface area contributed by atoms with Gasteiger partial charge in [0.25, 0.3) is 10.0 Å². The van der Waals surface area contributed by atoms with Gasteiger partial charge >= 0.3 is 0 Å². The molecule has 0 heterocycles. The number of rotatable bonds is 3. The van der Waals surface area contributed by atoms with E-state index in [2.05, 4.69) is 20.7 Å². The van der Waals surface area contributed by atoms with Gasteiger partial charge in [0, 0.05) is 9.50 Å². The number of hydrogen-bond donors (Lipinski definition) is 2. The van der Waals surface area contributed by atoms with Crippen LogP contribution in [0.25, 0.3) is 0 Å². The van der Waals surface area contributed by atoms with Crippen molar-refractivity contribution in [3.05, 3.63) is 51.2 Å². The Morgan fingerprint density at radius 1 is 1.29 bits per heavy atom. The van der Waals surface area contributed by atoms with Crippen LogP contribution in [0, 0.1) is 12.7 Å². The van der Waals surface area contributed by atoms with E-state index in [9.17, 15) is 12.8 Å². The predicted molar refractivity (Wildman–Crippen MR) is 85.5 cm³/mol. The van der Waals surface area contributed by atoms with Crippen LogP contribution in [-0.4, -0.2) is 8.42 Å². The molecule has 0 amide bonds. The molecule has 0 unspecified atom stereocenters. The second-order valence-corrected chi connectivity index (χ2v) is 7.28. The number of aryl methyl sites for hydroxylation is 1. The van der Waals surface area contributed by atoms with Crippen molar-refractivity contribution in [1.29, 1.82) is 0 Å². The molecule has 0 aliphatic rings. The van der Waals surface area contributed by atoms with Crippen LogP contribution in [0.3, 0.4) is 0 Å². The van der Waals surface area contributed by atoms with Crippen LogP contribution in [-0.2, 0) is 10.0 Å². The Bertz CT molecular complexity index is 812. The lowest BCUT2D eigenvalue weighted by Gasteiger charge is -2.12. The van der Waals surface area contributed by atoms with Crippen molar-refractivity contribution in [2.45, 2.75) is 11.8 Å². The van der Waals surface area contributed by atoms with Gasteiger partial charge in [0.2, 0.25) is 0 Å². The van der Waals surface area contributed by atoms with Crippen molar-refractivity contribution in [3.63, 3.8) is 0 Å². The second kappa shape index (κ2) is 5.82. The fourth-order valence-electron chi connectivity index (χ4n) is 1.69. The Morgan fingerprint density at radius 2 is 1.95 bits per heavy atom. The van der Waals surface area contributed by atoms with E-state index < -0.39 is 15.8 Å². The lowest BCUT2D eigenvalue weighted by molar-refractivity contribution is 0.600. The number of halogens is 3. The van der Waals surface area contributed by atoms with Gasteiger partial charge < -0.3 is 5.73 Å². The number of sulfonamides is 1. The van der Waals surface area contributed by atoms with Crippen LogP contribution in [0.1, 0.15) is 5.56 Å². The third kappa shape index (κ3) is 3.48. The molecule has 0 bridgehead atoms. The molecule has 4 nitrogen and oxygen atoms in total. The van der Waals surface area contributed by atoms with Gasteiger partial charge in [-0.1, -0.05) is 11.6 Å². The summed E-state index contributed by atoms with van der Waals surface area (Å²) in [6.45, 7) is 1.79. The average Bonchev–Trinajstić information content (AvgIpc) is 2.35. The molecule has 2 aromatic carbocycles. The molecule has 21 heavy (non-hydrogen) atoms. The molecular formula is C13H11BrClFN2O2S. The fraction of sp³-hybridized carbons (Fsp3) is 0.0769. The fourth-order valence-corrected chi connectivity index (χ4v) is 3.72. The molecule has 0 saturated carbocycles. The summed E-state index contributed by atoms with van der Waals surface area (Å²) in [6, 6.07) is 6.26. The Balaban J connectivity index is 2.45. The minimum Gasteiger partial charge on any atom is -0.398 e. The maximum absolute atomic E-state index is 13.0. The molecular weight excluding hydrogens is 383 g/mol. The molecule has 0 spiro atoms. The topological polar surface area (TPSA) is 72.2 Å². The molecule has 0 saturated heterocycles. The van der Waals surface area contributed by atoms with E-state index in [1.807, 2.05) is 0 Å². The normalized spacial score (nSPS) is 11.4. The molecule has 0 aromatic heterocycles. The lowest BCUT2D eigenvalue weighted by atomic mass is 10.2. The number of anilines is 2. The van der Waals surface area contributed by atoms with E-state index in [4.69, 9.17) is 17.3 Å². The summed E-state index contributed by atoms with van der Waals surface area (Å²) in [4.78, 5) is -0.201. The summed E-state index contributed by atoms with van der Waals surface area (Å²) < 4.78 is 40.5. The molecule has 0 fully saturated rings. The first-order valence-electron chi connectivity index (χ1n) is 5.74. The monoisotopic (exact) mass is 392 g/mol. The highest BCUT2D eigenvalue weighted by atomic mass is 79.9. The van der Waals surface area contributed by atoms with Crippen LogP contribution in [0.2, 0.25) is 5.02 Å². The molecule has 2 aromatic rings. The van der Waals surface area contributed by atoms with Crippen LogP contribution in [0.5, 0.6) is 0 Å². The first kappa shape index (κ1) is 16.1. The van der Waals surface area contributed by atoms with Gasteiger partial charge in [-0.15, -0.1) is 0 Å². The van der Waals surface area contributed by atoms with Crippen molar-refractivity contribution >= 4 is 48.9 Å². The van der Waals surface area contributed by atoms with Gasteiger partial charge in [-0.2, -0.15) is 0 Å². The molecule has 0 aliphatic carbocycles. The summed E-state index contributed by atoms with van der Waals surface area (Å²) in [5, 5.41) is 0.419. The molecule has 0 radical (unpaired) electrons. The summed E-state index contributed by atoms with van der Waals surface area (Å²) in [5.74, 6) is -0.606. The second-order valence-electron chi connectivity index (χ2n) is 4.37. The number of nitrogens with two attached hydrogens (primary N) is 1. The standard InChI is InChI=1S/C13H11BrClFN2O2S/c1-7-4-9(14)12(6-10(7)15)18-21(19,20)13-3-2-8(16)5-11(13)17/h2-6,18H,17H2,1H3. The zero-order chi connectivity index (χ0) is 15.8. The van der Waals surface area contributed by atoms with Crippen LogP contribution >= 0.6 is 27.5 Å². The van der Waals surface area contributed by atoms with Gasteiger partial charge in [-0.3, -0.25) is 4.72 Å². The Labute approximate surface area is 135 Å². The predicted octanol–water partition coefficient (Wildman–Crippen LogP) is 3.93. The minimum absolute atomic E-state index is 0.170. The Morgan fingerprint density at radius 3 is 2.57 bits per heavy atom. The highest BCUT2D eigenvalue weighted by Crippen LogP contribution is 2.31. The average molecular weight is 394 g/mol. The third-order valence-corrected chi connectivity index (χ3v) is 5.26. The molecule has 3 N–H and O–H groups in total. The van der Waals surface area contributed by atoms with E-state index in [1.54, 1.807) is 13.0 Å². The van der Waals surface area contributed by atoms with Gasteiger partial charge in [-0.05, 0) is 58.7 Å². The van der Waals surface area contributed by atoms with E-state index in [0.717, 1.165) is 23.8 Å². The van der Waals surface area contributed by atoms with Crippen molar-refractivity contribution in [1.82, 2.24) is 0 Å². The quantitative estimate of drug-likeness (QED) is 0.776. The van der Waals surface area contributed by atoms with Crippen molar-refractivity contribution < 1.29 is 12.8 Å². The minimum atomic E-state index is -3.94. The maximum Gasteiger partial charge on any atom is 0.263 e. The highest BCUT2D eigenvalue weighted by molar-refractivity contribution is 9.10. The first-order valence-corrected chi connectivity index (χ1v) is 8.39. The number of hydrogen-bond acceptors (Lipinski definition) is 3. The molecule has 0 aliphatic heterocycles. The number of nitrogen functional groups attached to an aromatic ring is 1. The Kier molecular flexibility index (Phi) is 4.46. The molecule has 2 rings (SSSR count). The molecule has 112 valence electrons. The van der Waals surface area contributed by atoms with E-state index in [1.165, 1.54) is 6.07 Å². The van der Waals surface area contributed by atoms with E-state index in [-0.39, 0.29) is 16.3 Å². The SMILES string of the molecule is Cc1cc(Br)c(NS(=O)(=O)c2ccc(F)cc2N)cc1Cl. The largest absolute Gasteiger partial charge is 0.398 e. The zero-order valence-electron chi connectivity index (χ0n) is 10.8. The van der Waals surface area contributed by atoms with Gasteiger partial charge in [0.15, 0.2) is 0 Å². The lowest BCUT2D eigenvalue weighted by Crippen LogP contribution is -2.15. The van der Waals surface area contributed by atoms with E-state index >= 15 is 0 Å².